The first-order valence-corrected chi connectivity index (χ1v) is 9.31. The molecular weight excluding hydrogens is 399 g/mol. The molecule has 1 amide bonds. The van der Waals surface area contributed by atoms with E-state index in [0.29, 0.717) is 29.2 Å². The van der Waals surface area contributed by atoms with Gasteiger partial charge in [-0.2, -0.15) is 9.78 Å². The molecule has 1 heterocycles. The monoisotopic (exact) mass is 416 g/mol. The van der Waals surface area contributed by atoms with Crippen LogP contribution in [0.3, 0.4) is 0 Å². The van der Waals surface area contributed by atoms with Gasteiger partial charge in [-0.15, -0.1) is 0 Å². The van der Waals surface area contributed by atoms with E-state index in [1.54, 1.807) is 24.3 Å². The number of nitrogens with zero attached hydrogens (tertiary/aromatic N) is 3. The molecule has 1 aromatic heterocycles. The molecule has 7 nitrogen and oxygen atoms in total. The van der Waals surface area contributed by atoms with E-state index in [1.165, 1.54) is 24.3 Å². The predicted molar refractivity (Wildman–Crippen MR) is 107 cm³/mol. The van der Waals surface area contributed by atoms with Gasteiger partial charge in [-0.25, -0.2) is 9.18 Å². The Kier molecular flexibility index (Phi) is 6.23. The highest BCUT2D eigenvalue weighted by molar-refractivity contribution is 6.30. The van der Waals surface area contributed by atoms with E-state index in [0.717, 1.165) is 9.25 Å². The normalized spacial score (nSPS) is 10.7. The van der Waals surface area contributed by atoms with Crippen LogP contribution in [0.4, 0.5) is 4.39 Å². The van der Waals surface area contributed by atoms with Gasteiger partial charge >= 0.3 is 5.69 Å². The average Bonchev–Trinajstić information content (AvgIpc) is 2.71. The molecule has 29 heavy (non-hydrogen) atoms. The first-order chi connectivity index (χ1) is 13.9. The summed E-state index contributed by atoms with van der Waals surface area (Å²) in [5.41, 5.74) is -1.09. The molecule has 0 fully saturated rings. The van der Waals surface area contributed by atoms with Crippen LogP contribution in [-0.4, -0.2) is 26.8 Å². The number of halogens is 2. The number of nitrogens with one attached hydrogen (secondary N) is 1. The smallest absolute Gasteiger partial charge is 0.350 e. The Morgan fingerprint density at radius 3 is 2.38 bits per heavy atom. The zero-order valence-corrected chi connectivity index (χ0v) is 16.3. The summed E-state index contributed by atoms with van der Waals surface area (Å²) in [6.45, 7) is 2.09. The van der Waals surface area contributed by atoms with Crippen LogP contribution in [0.1, 0.15) is 29.4 Å². The molecule has 0 atom stereocenters. The largest absolute Gasteiger partial charge is 0.352 e. The number of benzene rings is 2. The number of hydrogen-bond acceptors (Lipinski definition) is 4. The molecule has 0 saturated carbocycles. The molecule has 0 unspecified atom stereocenters. The van der Waals surface area contributed by atoms with Crippen LogP contribution in [0, 0.1) is 5.82 Å². The Morgan fingerprint density at radius 1 is 1.10 bits per heavy atom. The van der Waals surface area contributed by atoms with E-state index < -0.39 is 28.7 Å². The second kappa shape index (κ2) is 8.83. The lowest BCUT2D eigenvalue weighted by Gasteiger charge is -2.12. The van der Waals surface area contributed by atoms with Gasteiger partial charge in [0.1, 0.15) is 5.82 Å². The Balaban J connectivity index is 2.16. The fourth-order valence-corrected chi connectivity index (χ4v) is 2.77. The van der Waals surface area contributed by atoms with E-state index in [-0.39, 0.29) is 6.54 Å². The molecule has 0 bridgehead atoms. The second-order valence-electron chi connectivity index (χ2n) is 6.29. The van der Waals surface area contributed by atoms with Gasteiger partial charge in [0.25, 0.3) is 11.5 Å². The summed E-state index contributed by atoms with van der Waals surface area (Å²) in [5.74, 6) is -1.11. The zero-order valence-electron chi connectivity index (χ0n) is 15.6. The molecule has 0 radical (unpaired) electrons. The minimum absolute atomic E-state index is 0.137. The van der Waals surface area contributed by atoms with Gasteiger partial charge in [0.15, 0.2) is 0 Å². The molecule has 150 valence electrons. The summed E-state index contributed by atoms with van der Waals surface area (Å²) in [4.78, 5) is 38.2. The molecule has 0 spiro atoms. The fraction of sp³-hybridized carbons (Fsp3) is 0.200. The SMILES string of the molecule is CCCNC(=O)c1nn(-c2ccc(Cl)cc2)c(=O)n(Cc2ccc(F)cc2)c1=O. The molecule has 2 aromatic carbocycles. The fourth-order valence-electron chi connectivity index (χ4n) is 2.64. The van der Waals surface area contributed by atoms with Gasteiger partial charge in [0, 0.05) is 11.6 Å². The number of amides is 1. The summed E-state index contributed by atoms with van der Waals surface area (Å²) < 4.78 is 15.1. The maximum atomic E-state index is 13.2. The van der Waals surface area contributed by atoms with Gasteiger partial charge < -0.3 is 5.32 Å². The minimum atomic E-state index is -0.821. The number of carbonyl (C=O) groups is 1. The van der Waals surface area contributed by atoms with Crippen molar-refractivity contribution in [3.63, 3.8) is 0 Å². The summed E-state index contributed by atoms with van der Waals surface area (Å²) in [7, 11) is 0. The lowest BCUT2D eigenvalue weighted by atomic mass is 10.2. The first kappa shape index (κ1) is 20.5. The molecule has 1 N–H and O–H groups in total. The Labute approximate surface area is 170 Å². The molecule has 0 aliphatic carbocycles. The van der Waals surface area contributed by atoms with Crippen LogP contribution in [0.2, 0.25) is 5.02 Å². The van der Waals surface area contributed by atoms with Crippen molar-refractivity contribution in [2.24, 2.45) is 0 Å². The molecule has 0 aliphatic heterocycles. The maximum Gasteiger partial charge on any atom is 0.352 e. The van der Waals surface area contributed by atoms with Crippen molar-refractivity contribution in [1.29, 1.82) is 0 Å². The van der Waals surface area contributed by atoms with Gasteiger partial charge in [-0.3, -0.25) is 14.2 Å². The van der Waals surface area contributed by atoms with Crippen molar-refractivity contribution < 1.29 is 9.18 Å². The molecule has 0 saturated heterocycles. The van der Waals surface area contributed by atoms with Crippen molar-refractivity contribution in [3.8, 4) is 5.69 Å². The molecule has 3 rings (SSSR count). The lowest BCUT2D eigenvalue weighted by molar-refractivity contribution is 0.0944. The number of rotatable bonds is 6. The second-order valence-corrected chi connectivity index (χ2v) is 6.73. The van der Waals surface area contributed by atoms with Crippen molar-refractivity contribution in [1.82, 2.24) is 19.7 Å². The molecular formula is C20H18ClFN4O3. The summed E-state index contributed by atoms with van der Waals surface area (Å²) in [6, 6.07) is 11.6. The van der Waals surface area contributed by atoms with Gasteiger partial charge in [0.05, 0.1) is 12.2 Å². The van der Waals surface area contributed by atoms with Crippen LogP contribution in [0.25, 0.3) is 5.69 Å². The standard InChI is InChI=1S/C20H18ClFN4O3/c1-2-11-23-18(27)17-19(28)25(12-13-3-7-15(22)8-4-13)20(29)26(24-17)16-9-5-14(21)6-10-16/h3-10H,2,11-12H2,1H3,(H,23,27). The third kappa shape index (κ3) is 4.60. The first-order valence-electron chi connectivity index (χ1n) is 8.93. The summed E-state index contributed by atoms with van der Waals surface area (Å²) >= 11 is 5.90. The predicted octanol–water partition coefficient (Wildman–Crippen LogP) is 2.37. The van der Waals surface area contributed by atoms with Crippen molar-refractivity contribution >= 4 is 17.5 Å². The van der Waals surface area contributed by atoms with E-state index in [9.17, 15) is 18.8 Å². The van der Waals surface area contributed by atoms with Crippen LogP contribution in [-0.2, 0) is 6.54 Å². The zero-order chi connectivity index (χ0) is 21.0. The van der Waals surface area contributed by atoms with Crippen LogP contribution >= 0.6 is 11.6 Å². The highest BCUT2D eigenvalue weighted by Crippen LogP contribution is 2.11. The van der Waals surface area contributed by atoms with E-state index in [4.69, 9.17) is 11.6 Å². The number of aromatic nitrogens is 3. The topological polar surface area (TPSA) is 86.0 Å². The van der Waals surface area contributed by atoms with Crippen LogP contribution < -0.4 is 16.6 Å². The summed E-state index contributed by atoms with van der Waals surface area (Å²) in [5, 5.41) is 7.05. The number of carbonyl (C=O) groups excluding carboxylic acids is 1. The van der Waals surface area contributed by atoms with Crippen molar-refractivity contribution in [2.45, 2.75) is 19.9 Å². The maximum absolute atomic E-state index is 13.2. The van der Waals surface area contributed by atoms with Crippen LogP contribution in [0.15, 0.2) is 58.1 Å². The van der Waals surface area contributed by atoms with Crippen molar-refractivity contribution in [2.75, 3.05) is 6.54 Å². The van der Waals surface area contributed by atoms with Crippen molar-refractivity contribution in [3.05, 3.63) is 91.5 Å². The third-order valence-electron chi connectivity index (χ3n) is 4.14. The Bertz CT molecular complexity index is 1140. The van der Waals surface area contributed by atoms with Gasteiger partial charge in [0.2, 0.25) is 5.69 Å². The highest BCUT2D eigenvalue weighted by Gasteiger charge is 2.20. The molecule has 0 aliphatic rings. The number of hydrogen-bond donors (Lipinski definition) is 1. The summed E-state index contributed by atoms with van der Waals surface area (Å²) in [6.07, 6.45) is 0.673. The highest BCUT2D eigenvalue weighted by atomic mass is 35.5. The average molecular weight is 417 g/mol. The van der Waals surface area contributed by atoms with E-state index in [1.807, 2.05) is 6.92 Å². The Morgan fingerprint density at radius 2 is 1.76 bits per heavy atom. The lowest BCUT2D eigenvalue weighted by Crippen LogP contribution is -2.46. The van der Waals surface area contributed by atoms with E-state index >= 15 is 0 Å². The van der Waals surface area contributed by atoms with Gasteiger partial charge in [-0.05, 0) is 48.4 Å². The van der Waals surface area contributed by atoms with Gasteiger partial charge in [-0.1, -0.05) is 30.7 Å². The van der Waals surface area contributed by atoms with E-state index in [2.05, 4.69) is 10.4 Å². The minimum Gasteiger partial charge on any atom is -0.350 e. The third-order valence-corrected chi connectivity index (χ3v) is 4.39. The molecule has 9 heteroatoms. The quantitative estimate of drug-likeness (QED) is 0.668. The molecule has 3 aromatic rings. The Hall–Kier alpha value is -3.26. The van der Waals surface area contributed by atoms with Crippen LogP contribution in [0.5, 0.6) is 0 Å².